The summed E-state index contributed by atoms with van der Waals surface area (Å²) in [5.74, 6) is 0. The third-order valence-corrected chi connectivity index (χ3v) is 7.28. The van der Waals surface area contributed by atoms with Crippen LogP contribution in [0.4, 0.5) is 0 Å². The molecule has 0 saturated carbocycles. The minimum atomic E-state index is -3.43. The first-order valence-corrected chi connectivity index (χ1v) is 8.92. The number of sulfonamides is 1. The quantitative estimate of drug-likeness (QED) is 0.632. The Kier molecular flexibility index (Phi) is 4.75. The lowest BCUT2D eigenvalue weighted by Crippen LogP contribution is -2.45. The second kappa shape index (κ2) is 6.18. The molecule has 0 bridgehead atoms. The molecule has 5 nitrogen and oxygen atoms in total. The molecule has 1 fully saturated rings. The van der Waals surface area contributed by atoms with Crippen LogP contribution in [0.2, 0.25) is 0 Å². The zero-order valence-electron chi connectivity index (χ0n) is 11.6. The number of thiophene rings is 1. The number of hydrogen-bond donors (Lipinski definition) is 0. The molecule has 1 aromatic rings. The Morgan fingerprint density at radius 2 is 2.25 bits per heavy atom. The summed E-state index contributed by atoms with van der Waals surface area (Å²) in [6.45, 7) is 4.27. The number of aryl methyl sites for hydroxylation is 1. The summed E-state index contributed by atoms with van der Waals surface area (Å²) in [6.07, 6.45) is 3.55. The molecular weight excluding hydrogens is 296 g/mol. The van der Waals surface area contributed by atoms with Crippen LogP contribution in [0.25, 0.3) is 0 Å². The summed E-state index contributed by atoms with van der Waals surface area (Å²) in [7, 11) is -3.43. The normalized spacial score (nSPS) is 24.3. The van der Waals surface area contributed by atoms with E-state index >= 15 is 0 Å². The fourth-order valence-corrected chi connectivity index (χ4v) is 5.56. The second-order valence-corrected chi connectivity index (χ2v) is 8.22. The monoisotopic (exact) mass is 314 g/mol. The molecule has 20 heavy (non-hydrogen) atoms. The lowest BCUT2D eigenvalue weighted by molar-refractivity contribution is 0.248. The van der Waals surface area contributed by atoms with Crippen LogP contribution in [-0.4, -0.2) is 37.4 Å². The number of rotatable bonds is 4. The van der Waals surface area contributed by atoms with Crippen LogP contribution in [0.3, 0.4) is 0 Å². The van der Waals surface area contributed by atoms with Gasteiger partial charge in [0.15, 0.2) is 0 Å². The molecule has 0 aromatic carbocycles. The number of carbonyl (C=O) groups excluding carboxylic acids is 1. The van der Waals surface area contributed by atoms with Gasteiger partial charge in [0.1, 0.15) is 4.21 Å². The van der Waals surface area contributed by atoms with Crippen molar-refractivity contribution in [3.63, 3.8) is 0 Å². The van der Waals surface area contributed by atoms with Crippen LogP contribution in [0, 0.1) is 0 Å². The highest BCUT2D eigenvalue weighted by Gasteiger charge is 2.35. The molecule has 0 radical (unpaired) electrons. The van der Waals surface area contributed by atoms with Crippen LogP contribution in [0.5, 0.6) is 0 Å². The highest BCUT2D eigenvalue weighted by atomic mass is 32.2. The molecule has 1 aliphatic rings. The van der Waals surface area contributed by atoms with E-state index in [1.54, 1.807) is 12.1 Å². The van der Waals surface area contributed by atoms with Crippen molar-refractivity contribution in [2.45, 2.75) is 49.4 Å². The average molecular weight is 314 g/mol. The number of isocyanates is 1. The van der Waals surface area contributed by atoms with E-state index in [0.717, 1.165) is 11.3 Å². The second-order valence-electron chi connectivity index (χ2n) is 4.94. The molecule has 1 aromatic heterocycles. The Morgan fingerprint density at radius 1 is 1.50 bits per heavy atom. The summed E-state index contributed by atoms with van der Waals surface area (Å²) >= 11 is 1.33. The van der Waals surface area contributed by atoms with Crippen molar-refractivity contribution in [3.8, 4) is 0 Å². The van der Waals surface area contributed by atoms with E-state index in [4.69, 9.17) is 0 Å². The Morgan fingerprint density at radius 3 is 2.80 bits per heavy atom. The van der Waals surface area contributed by atoms with Gasteiger partial charge >= 0.3 is 0 Å². The summed E-state index contributed by atoms with van der Waals surface area (Å²) in [5.41, 5.74) is 0. The summed E-state index contributed by atoms with van der Waals surface area (Å²) in [5, 5.41) is 0. The van der Waals surface area contributed by atoms with E-state index in [-0.39, 0.29) is 12.1 Å². The molecule has 0 N–H and O–H groups in total. The molecule has 7 heteroatoms. The van der Waals surface area contributed by atoms with Crippen LogP contribution in [0.15, 0.2) is 21.3 Å². The SMILES string of the molecule is CCc1ccc(S(=O)(=O)N2CCC(N=C=O)CC2C)s1. The first-order valence-electron chi connectivity index (χ1n) is 6.66. The van der Waals surface area contributed by atoms with Crippen LogP contribution < -0.4 is 0 Å². The Labute approximate surface area is 123 Å². The van der Waals surface area contributed by atoms with Gasteiger partial charge in [0.25, 0.3) is 10.0 Å². The van der Waals surface area contributed by atoms with Gasteiger partial charge in [-0.15, -0.1) is 11.3 Å². The predicted octanol–water partition coefficient (Wildman–Crippen LogP) is 2.19. The lowest BCUT2D eigenvalue weighted by atomic mass is 10.0. The fourth-order valence-electron chi connectivity index (χ4n) is 2.48. The molecule has 0 spiro atoms. The molecule has 1 aliphatic heterocycles. The first-order chi connectivity index (χ1) is 9.48. The van der Waals surface area contributed by atoms with Gasteiger partial charge in [-0.05, 0) is 38.3 Å². The molecule has 2 unspecified atom stereocenters. The molecule has 110 valence electrons. The third-order valence-electron chi connectivity index (χ3n) is 3.57. The van der Waals surface area contributed by atoms with E-state index < -0.39 is 10.0 Å². The zero-order chi connectivity index (χ0) is 14.8. The van der Waals surface area contributed by atoms with Crippen LogP contribution in [-0.2, 0) is 21.2 Å². The van der Waals surface area contributed by atoms with Gasteiger partial charge in [-0.2, -0.15) is 4.31 Å². The van der Waals surface area contributed by atoms with Crippen molar-refractivity contribution in [3.05, 3.63) is 17.0 Å². The van der Waals surface area contributed by atoms with Gasteiger partial charge in [-0.1, -0.05) is 6.92 Å². The van der Waals surface area contributed by atoms with E-state index in [1.807, 2.05) is 19.9 Å². The standard InChI is InChI=1S/C13H18N2O3S2/c1-3-12-4-5-13(19-12)20(17,18)15-7-6-11(14-9-16)8-10(15)2/h4-5,10-11H,3,6-8H2,1-2H3. The van der Waals surface area contributed by atoms with Crippen molar-refractivity contribution in [1.82, 2.24) is 4.31 Å². The summed E-state index contributed by atoms with van der Waals surface area (Å²) < 4.78 is 27.2. The average Bonchev–Trinajstić information content (AvgIpc) is 2.88. The maximum absolute atomic E-state index is 12.6. The van der Waals surface area contributed by atoms with E-state index in [1.165, 1.54) is 15.6 Å². The fraction of sp³-hybridized carbons (Fsp3) is 0.615. The number of aliphatic imine (C=N–C) groups is 1. The molecular formula is C13H18N2O3S2. The molecule has 0 amide bonds. The lowest BCUT2D eigenvalue weighted by Gasteiger charge is -2.34. The summed E-state index contributed by atoms with van der Waals surface area (Å²) in [4.78, 5) is 15.1. The van der Waals surface area contributed by atoms with E-state index in [9.17, 15) is 13.2 Å². The van der Waals surface area contributed by atoms with Crippen molar-refractivity contribution >= 4 is 27.4 Å². The Balaban J connectivity index is 2.20. The zero-order valence-corrected chi connectivity index (χ0v) is 13.2. The topological polar surface area (TPSA) is 66.8 Å². The minimum absolute atomic E-state index is 0.108. The number of hydrogen-bond acceptors (Lipinski definition) is 5. The number of piperidine rings is 1. The van der Waals surface area contributed by atoms with Crippen molar-refractivity contribution < 1.29 is 13.2 Å². The van der Waals surface area contributed by atoms with Crippen molar-refractivity contribution in [2.24, 2.45) is 4.99 Å². The highest BCUT2D eigenvalue weighted by molar-refractivity contribution is 7.91. The molecule has 1 saturated heterocycles. The third kappa shape index (κ3) is 3.01. The summed E-state index contributed by atoms with van der Waals surface area (Å²) in [6, 6.07) is 3.29. The van der Waals surface area contributed by atoms with Gasteiger partial charge in [0.2, 0.25) is 6.08 Å². The van der Waals surface area contributed by atoms with Crippen LogP contribution >= 0.6 is 11.3 Å². The number of nitrogens with zero attached hydrogens (tertiary/aromatic N) is 2. The van der Waals surface area contributed by atoms with E-state index in [0.29, 0.717) is 23.6 Å². The molecule has 2 rings (SSSR count). The van der Waals surface area contributed by atoms with Crippen LogP contribution in [0.1, 0.15) is 31.6 Å². The van der Waals surface area contributed by atoms with Crippen molar-refractivity contribution in [2.75, 3.05) is 6.54 Å². The Bertz CT molecular complexity index is 617. The highest BCUT2D eigenvalue weighted by Crippen LogP contribution is 2.30. The molecule has 2 heterocycles. The smallest absolute Gasteiger partial charge is 0.211 e. The van der Waals surface area contributed by atoms with Gasteiger partial charge in [-0.25, -0.2) is 18.2 Å². The minimum Gasteiger partial charge on any atom is -0.211 e. The van der Waals surface area contributed by atoms with Gasteiger partial charge in [-0.3, -0.25) is 0 Å². The first kappa shape index (κ1) is 15.4. The van der Waals surface area contributed by atoms with Gasteiger partial charge in [0.05, 0.1) is 6.04 Å². The predicted molar refractivity (Wildman–Crippen MR) is 78.2 cm³/mol. The van der Waals surface area contributed by atoms with E-state index in [2.05, 4.69) is 4.99 Å². The molecule has 0 aliphatic carbocycles. The maximum atomic E-state index is 12.6. The van der Waals surface area contributed by atoms with Crippen molar-refractivity contribution in [1.29, 1.82) is 0 Å². The molecule has 2 atom stereocenters. The largest absolute Gasteiger partial charge is 0.252 e. The Hall–Kier alpha value is -1.01. The maximum Gasteiger partial charge on any atom is 0.252 e. The van der Waals surface area contributed by atoms with Gasteiger partial charge < -0.3 is 0 Å². The van der Waals surface area contributed by atoms with Gasteiger partial charge in [0, 0.05) is 17.5 Å².